The molecule has 0 heterocycles. The normalized spacial score (nSPS) is 17.8. The van der Waals surface area contributed by atoms with E-state index in [2.05, 4.69) is 13.3 Å². The SMILES string of the molecule is CCOC(=O)C(C#N)[C@H]1C=CC=C[C@H]1C.N#[O+].[C-]#[O+].[C-]#[O+].[Mn]. The molecular weight excluding hydrogens is 331 g/mol. The van der Waals surface area contributed by atoms with Crippen molar-refractivity contribution in [3.8, 4) is 6.07 Å². The van der Waals surface area contributed by atoms with Crippen molar-refractivity contribution in [3.63, 3.8) is 0 Å². The maximum atomic E-state index is 11.5. The van der Waals surface area contributed by atoms with Crippen LogP contribution in [0.2, 0.25) is 0 Å². The molecule has 1 radical (unpaired) electrons. The number of ether oxygens (including phenoxy) is 1. The third-order valence-electron chi connectivity index (χ3n) is 2.53. The van der Waals surface area contributed by atoms with E-state index in [-0.39, 0.29) is 28.9 Å². The topological polar surface area (TPSA) is 134 Å². The number of hydrogen-bond acceptors (Lipinski definition) is 4. The zero-order valence-electron chi connectivity index (χ0n) is 12.1. The second-order valence-corrected chi connectivity index (χ2v) is 3.57. The number of nitriles is 1. The van der Waals surface area contributed by atoms with Gasteiger partial charge in [0.1, 0.15) is 0 Å². The van der Waals surface area contributed by atoms with Crippen LogP contribution in [0.3, 0.4) is 0 Å². The molecule has 0 spiro atoms. The number of allylic oxidation sites excluding steroid dienone is 4. The van der Waals surface area contributed by atoms with Crippen molar-refractivity contribution in [1.82, 2.24) is 0 Å². The van der Waals surface area contributed by atoms with Crippen LogP contribution in [0.1, 0.15) is 13.8 Å². The van der Waals surface area contributed by atoms with Crippen molar-refractivity contribution in [2.24, 2.45) is 17.8 Å². The van der Waals surface area contributed by atoms with Gasteiger partial charge >= 0.3 is 38.8 Å². The van der Waals surface area contributed by atoms with E-state index in [0.717, 1.165) is 0 Å². The molecule has 7 nitrogen and oxygen atoms in total. The summed E-state index contributed by atoms with van der Waals surface area (Å²) >= 11 is 0. The summed E-state index contributed by atoms with van der Waals surface area (Å²) in [7, 11) is 0. The number of hydrogen-bond donors (Lipinski definition) is 0. The van der Waals surface area contributed by atoms with Crippen molar-refractivity contribution in [2.45, 2.75) is 13.8 Å². The van der Waals surface area contributed by atoms with Gasteiger partial charge in [0.2, 0.25) is 0 Å². The minimum atomic E-state index is -0.693. The van der Waals surface area contributed by atoms with Gasteiger partial charge in [-0.05, 0) is 12.8 Å². The molecular formula is C14H15MnN2O5+. The van der Waals surface area contributed by atoms with Gasteiger partial charge in [0.05, 0.1) is 12.7 Å². The van der Waals surface area contributed by atoms with Gasteiger partial charge < -0.3 is 4.74 Å². The first-order valence-corrected chi connectivity index (χ1v) is 5.71. The molecule has 0 aromatic heterocycles. The van der Waals surface area contributed by atoms with E-state index in [1.165, 1.54) is 0 Å². The maximum Gasteiger partial charge on any atom is 0 e. The molecule has 0 aromatic rings. The van der Waals surface area contributed by atoms with Crippen LogP contribution in [0.25, 0.3) is 0 Å². The average molecular weight is 346 g/mol. The quantitative estimate of drug-likeness (QED) is 0.334. The summed E-state index contributed by atoms with van der Waals surface area (Å²) in [5, 5.41) is 8.98. The van der Waals surface area contributed by atoms with Gasteiger partial charge in [0, 0.05) is 23.0 Å². The fourth-order valence-corrected chi connectivity index (χ4v) is 1.68. The summed E-state index contributed by atoms with van der Waals surface area (Å²) in [6.07, 6.45) is 7.69. The Kier molecular flexibility index (Phi) is 27.5. The molecule has 0 bridgehead atoms. The van der Waals surface area contributed by atoms with E-state index in [9.17, 15) is 4.79 Å². The Morgan fingerprint density at radius 2 is 1.73 bits per heavy atom. The molecule has 1 aliphatic carbocycles. The molecule has 0 aliphatic heterocycles. The van der Waals surface area contributed by atoms with E-state index >= 15 is 0 Å². The number of rotatable bonds is 3. The minimum Gasteiger partial charge on any atom is 0 e. The minimum absolute atomic E-state index is 0. The molecule has 3 atom stereocenters. The van der Waals surface area contributed by atoms with Gasteiger partial charge in [-0.3, -0.25) is 4.79 Å². The fourth-order valence-electron chi connectivity index (χ4n) is 1.68. The Hall–Kier alpha value is -1.89. The van der Waals surface area contributed by atoms with Crippen molar-refractivity contribution >= 4 is 5.97 Å². The van der Waals surface area contributed by atoms with Crippen LogP contribution < -0.4 is 0 Å². The van der Waals surface area contributed by atoms with Gasteiger partial charge in [-0.15, -0.1) is 0 Å². The number of esters is 1. The molecule has 0 N–H and O–H groups in total. The van der Waals surface area contributed by atoms with Crippen LogP contribution in [0.15, 0.2) is 24.3 Å². The Labute approximate surface area is 139 Å². The van der Waals surface area contributed by atoms with Crippen LogP contribution in [-0.2, 0) is 40.7 Å². The maximum absolute atomic E-state index is 11.5. The second-order valence-electron chi connectivity index (χ2n) is 3.57. The van der Waals surface area contributed by atoms with Crippen LogP contribution in [0.5, 0.6) is 0 Å². The first-order chi connectivity index (χ1) is 10.2. The van der Waals surface area contributed by atoms with Crippen molar-refractivity contribution < 1.29 is 40.7 Å². The molecule has 0 aromatic carbocycles. The van der Waals surface area contributed by atoms with E-state index in [1.54, 1.807) is 6.92 Å². The zero-order chi connectivity index (χ0) is 17.3. The third-order valence-corrected chi connectivity index (χ3v) is 2.53. The van der Waals surface area contributed by atoms with Crippen molar-refractivity contribution in [3.05, 3.63) is 37.6 Å². The Morgan fingerprint density at radius 3 is 2.09 bits per heavy atom. The third kappa shape index (κ3) is 10.8. The summed E-state index contributed by atoms with van der Waals surface area (Å²) in [6.45, 7) is 13.1. The molecule has 8 heteroatoms. The molecule has 22 heavy (non-hydrogen) atoms. The smallest absolute Gasteiger partial charge is 0 e. The molecule has 0 saturated heterocycles. The summed E-state index contributed by atoms with van der Waals surface area (Å²) in [5.74, 6) is -0.985. The van der Waals surface area contributed by atoms with Gasteiger partial charge in [-0.2, -0.15) is 5.26 Å². The van der Waals surface area contributed by atoms with Crippen LogP contribution >= 0.6 is 0 Å². The first kappa shape index (κ1) is 28.3. The predicted octanol–water partition coefficient (Wildman–Crippen LogP) is 1.89. The Morgan fingerprint density at radius 1 is 1.27 bits per heavy atom. The van der Waals surface area contributed by atoms with E-state index in [0.29, 0.717) is 6.61 Å². The van der Waals surface area contributed by atoms with E-state index in [4.69, 9.17) is 29.5 Å². The largest absolute Gasteiger partial charge is 0 e. The molecule has 1 aliphatic rings. The monoisotopic (exact) mass is 346 g/mol. The van der Waals surface area contributed by atoms with Crippen molar-refractivity contribution in [2.75, 3.05) is 6.61 Å². The number of nitrogens with zero attached hydrogens (tertiary/aromatic N) is 2. The average Bonchev–Trinajstić information content (AvgIpc) is 2.56. The van der Waals surface area contributed by atoms with Gasteiger partial charge in [-0.25, -0.2) is 0 Å². The summed E-state index contributed by atoms with van der Waals surface area (Å²) in [5.41, 5.74) is 5.75. The molecule has 1 rings (SSSR count). The molecule has 0 amide bonds. The van der Waals surface area contributed by atoms with Crippen LogP contribution in [-0.4, -0.2) is 12.6 Å². The number of carbonyl (C=O) groups excluding carboxylic acids is 1. The van der Waals surface area contributed by atoms with Crippen LogP contribution in [0, 0.1) is 47.8 Å². The molecule has 0 saturated carbocycles. The summed E-state index contributed by atoms with van der Waals surface area (Å²) in [6, 6.07) is 2.03. The Bertz CT molecular complexity index is 434. The van der Waals surface area contributed by atoms with E-state index < -0.39 is 11.9 Å². The predicted molar refractivity (Wildman–Crippen MR) is 66.9 cm³/mol. The second kappa shape index (κ2) is 21.4. The Balaban J connectivity index is -0.000000206. The number of carbonyl (C=O) groups is 1. The van der Waals surface area contributed by atoms with Crippen molar-refractivity contribution in [1.29, 1.82) is 10.7 Å². The summed E-state index contributed by atoms with van der Waals surface area (Å²) in [4.78, 5) is 11.5. The standard InChI is InChI=1S/C12H15NO2.2CO.Mn.NO/c1-3-15-12(14)11(8-13)10-7-5-4-6-9(10)2;2*1-2;;1-2/h4-7,9-11H,3H2,1-2H3;;;;/q;;;;+1/t9-,10+,11?;;;;/m1..../s1. The molecule has 1 unspecified atom stereocenters. The molecule has 117 valence electrons. The molecule has 0 fully saturated rings. The fraction of sp³-hybridized carbons (Fsp3) is 0.429. The van der Waals surface area contributed by atoms with Gasteiger partial charge in [-0.1, -0.05) is 31.2 Å². The first-order valence-electron chi connectivity index (χ1n) is 5.71. The summed E-state index contributed by atoms with van der Waals surface area (Å²) < 4.78 is 27.1. The van der Waals surface area contributed by atoms with Gasteiger partial charge in [0.25, 0.3) is 0 Å². The zero-order valence-corrected chi connectivity index (χ0v) is 13.2. The van der Waals surface area contributed by atoms with Gasteiger partial charge in [0.15, 0.2) is 5.92 Å². The van der Waals surface area contributed by atoms with E-state index in [1.807, 2.05) is 37.3 Å². The van der Waals surface area contributed by atoms with Crippen LogP contribution in [0.4, 0.5) is 0 Å².